The van der Waals surface area contributed by atoms with Gasteiger partial charge in [0.05, 0.1) is 29.7 Å². The van der Waals surface area contributed by atoms with Crippen molar-refractivity contribution in [2.24, 2.45) is 0 Å². The van der Waals surface area contributed by atoms with Crippen molar-refractivity contribution < 1.29 is 14.3 Å². The molecule has 0 radical (unpaired) electrons. The number of hydrogen-bond donors (Lipinski definition) is 2. The molecule has 0 unspecified atom stereocenters. The largest absolute Gasteiger partial charge is 0.496 e. The van der Waals surface area contributed by atoms with E-state index >= 15 is 0 Å². The molecule has 23 heavy (non-hydrogen) atoms. The molecule has 2 N–H and O–H groups in total. The fraction of sp³-hybridized carbons (Fsp3) is 0.176. The Bertz CT molecular complexity index is 818. The highest BCUT2D eigenvalue weighted by Crippen LogP contribution is 2.37. The van der Waals surface area contributed by atoms with Gasteiger partial charge in [-0.05, 0) is 31.2 Å². The van der Waals surface area contributed by atoms with E-state index in [4.69, 9.17) is 16.3 Å². The van der Waals surface area contributed by atoms with E-state index < -0.39 is 0 Å². The molecule has 1 amide bonds. The van der Waals surface area contributed by atoms with Crippen LogP contribution in [0.25, 0.3) is 0 Å². The minimum absolute atomic E-state index is 0.0318. The molecule has 0 fully saturated rings. The molecule has 1 aliphatic heterocycles. The first-order valence-electron chi connectivity index (χ1n) is 7.06. The van der Waals surface area contributed by atoms with Crippen molar-refractivity contribution in [1.29, 1.82) is 0 Å². The average Bonchev–Trinajstić information content (AvgIpc) is 2.61. The number of fused-ring (bicyclic) bond motifs is 2. The van der Waals surface area contributed by atoms with Crippen LogP contribution in [0.3, 0.4) is 0 Å². The normalized spacial score (nSPS) is 12.4. The van der Waals surface area contributed by atoms with Crippen LogP contribution in [0.4, 0.5) is 17.1 Å². The van der Waals surface area contributed by atoms with Crippen LogP contribution in [0.2, 0.25) is 5.02 Å². The van der Waals surface area contributed by atoms with Crippen molar-refractivity contribution >= 4 is 40.4 Å². The maximum Gasteiger partial charge on any atom is 0.257 e. The minimum atomic E-state index is -0.232. The van der Waals surface area contributed by atoms with Crippen LogP contribution in [-0.2, 0) is 11.2 Å². The number of anilines is 3. The number of benzene rings is 2. The summed E-state index contributed by atoms with van der Waals surface area (Å²) in [5.74, 6) is 0.360. The molecule has 0 atom stereocenters. The molecule has 6 heteroatoms. The van der Waals surface area contributed by atoms with E-state index in [9.17, 15) is 9.59 Å². The summed E-state index contributed by atoms with van der Waals surface area (Å²) < 4.78 is 5.33. The lowest BCUT2D eigenvalue weighted by atomic mass is 10.1. The van der Waals surface area contributed by atoms with Crippen molar-refractivity contribution in [2.45, 2.75) is 13.3 Å². The number of carbonyl (C=O) groups is 2. The second-order valence-electron chi connectivity index (χ2n) is 5.36. The lowest BCUT2D eigenvalue weighted by Gasteiger charge is -2.14. The van der Waals surface area contributed by atoms with E-state index in [0.29, 0.717) is 33.4 Å². The number of halogens is 1. The Morgan fingerprint density at radius 2 is 1.87 bits per heavy atom. The van der Waals surface area contributed by atoms with Crippen LogP contribution in [-0.4, -0.2) is 18.8 Å². The zero-order chi connectivity index (χ0) is 16.6. The Hall–Kier alpha value is -2.53. The quantitative estimate of drug-likeness (QED) is 0.898. The number of ether oxygens (including phenoxy) is 1. The van der Waals surface area contributed by atoms with Gasteiger partial charge in [0.25, 0.3) is 5.91 Å². The first kappa shape index (κ1) is 15.4. The third kappa shape index (κ3) is 3.00. The predicted molar refractivity (Wildman–Crippen MR) is 90.1 cm³/mol. The van der Waals surface area contributed by atoms with Crippen LogP contribution in [0.1, 0.15) is 22.8 Å². The number of ketones is 1. The van der Waals surface area contributed by atoms with Crippen molar-refractivity contribution in [3.8, 4) is 5.75 Å². The van der Waals surface area contributed by atoms with Crippen LogP contribution in [0.15, 0.2) is 30.3 Å². The zero-order valence-corrected chi connectivity index (χ0v) is 13.5. The monoisotopic (exact) mass is 330 g/mol. The van der Waals surface area contributed by atoms with E-state index in [0.717, 1.165) is 5.56 Å². The number of carbonyl (C=O) groups excluding carboxylic acids is 2. The molecule has 0 saturated carbocycles. The Morgan fingerprint density at radius 3 is 2.57 bits per heavy atom. The van der Waals surface area contributed by atoms with Gasteiger partial charge in [-0.2, -0.15) is 0 Å². The molecule has 2 aromatic rings. The van der Waals surface area contributed by atoms with Gasteiger partial charge in [-0.3, -0.25) is 9.59 Å². The summed E-state index contributed by atoms with van der Waals surface area (Å²) in [6.07, 6.45) is 0.258. The van der Waals surface area contributed by atoms with Crippen LogP contribution < -0.4 is 15.4 Å². The zero-order valence-electron chi connectivity index (χ0n) is 12.7. The fourth-order valence-electron chi connectivity index (χ4n) is 2.58. The van der Waals surface area contributed by atoms with E-state index in [1.54, 1.807) is 24.3 Å². The number of Topliss-reactive ketones (excluding diaryl/α,β-unsaturated/α-hetero) is 1. The Labute approximate surface area is 138 Å². The van der Waals surface area contributed by atoms with Crippen LogP contribution in [0.5, 0.6) is 5.75 Å². The SMILES string of the molecule is COc1cc2c(cc1CC(C)=O)Nc1cc(Cl)ccc1C(=O)N2. The molecule has 5 nitrogen and oxygen atoms in total. The standard InChI is InChI=1S/C17H15ClN2O3/c1-9(21)5-10-6-14-15(8-16(10)23-2)20-17(22)12-4-3-11(18)7-13(12)19-14/h3-4,6-8,19H,5H2,1-2H3,(H,20,22). The molecule has 118 valence electrons. The fourth-order valence-corrected chi connectivity index (χ4v) is 2.75. The summed E-state index contributed by atoms with van der Waals surface area (Å²) >= 11 is 6.02. The summed E-state index contributed by atoms with van der Waals surface area (Å²) in [5.41, 5.74) is 3.15. The molecule has 3 rings (SSSR count). The highest BCUT2D eigenvalue weighted by atomic mass is 35.5. The molecule has 0 bridgehead atoms. The van der Waals surface area contributed by atoms with Crippen molar-refractivity contribution in [3.05, 3.63) is 46.5 Å². The number of amides is 1. The van der Waals surface area contributed by atoms with Gasteiger partial charge in [0, 0.05) is 23.1 Å². The summed E-state index contributed by atoms with van der Waals surface area (Å²) in [6, 6.07) is 8.55. The molecule has 0 spiro atoms. The van der Waals surface area contributed by atoms with Crippen molar-refractivity contribution in [3.63, 3.8) is 0 Å². The predicted octanol–water partition coefficient (Wildman–Crippen LogP) is 3.79. The van der Waals surface area contributed by atoms with Crippen LogP contribution in [0, 0.1) is 0 Å². The topological polar surface area (TPSA) is 67.4 Å². The van der Waals surface area contributed by atoms with Gasteiger partial charge >= 0.3 is 0 Å². The second-order valence-corrected chi connectivity index (χ2v) is 5.79. The maximum atomic E-state index is 12.4. The highest BCUT2D eigenvalue weighted by molar-refractivity contribution is 6.31. The Morgan fingerprint density at radius 1 is 1.13 bits per heavy atom. The molecule has 1 heterocycles. The molecule has 2 aromatic carbocycles. The van der Waals surface area contributed by atoms with Gasteiger partial charge < -0.3 is 15.4 Å². The number of nitrogens with one attached hydrogen (secondary N) is 2. The van der Waals surface area contributed by atoms with E-state index in [1.165, 1.54) is 14.0 Å². The van der Waals surface area contributed by atoms with Gasteiger partial charge in [0.15, 0.2) is 0 Å². The first-order chi connectivity index (χ1) is 11.0. The molecular formula is C17H15ClN2O3. The van der Waals surface area contributed by atoms with Gasteiger partial charge in [0.2, 0.25) is 0 Å². The van der Waals surface area contributed by atoms with E-state index in [-0.39, 0.29) is 18.1 Å². The van der Waals surface area contributed by atoms with Crippen molar-refractivity contribution in [1.82, 2.24) is 0 Å². The molecule has 0 saturated heterocycles. The average molecular weight is 331 g/mol. The maximum absolute atomic E-state index is 12.4. The Kier molecular flexibility index (Phi) is 3.96. The summed E-state index contributed by atoms with van der Waals surface area (Å²) in [6.45, 7) is 1.52. The molecule has 0 aromatic heterocycles. The third-order valence-electron chi connectivity index (χ3n) is 3.60. The van der Waals surface area contributed by atoms with Gasteiger partial charge in [-0.1, -0.05) is 11.6 Å². The minimum Gasteiger partial charge on any atom is -0.496 e. The highest BCUT2D eigenvalue weighted by Gasteiger charge is 2.21. The second kappa shape index (κ2) is 5.93. The smallest absolute Gasteiger partial charge is 0.257 e. The Balaban J connectivity index is 2.12. The van der Waals surface area contributed by atoms with Gasteiger partial charge in [-0.15, -0.1) is 0 Å². The lowest BCUT2D eigenvalue weighted by Crippen LogP contribution is -2.11. The lowest BCUT2D eigenvalue weighted by molar-refractivity contribution is -0.116. The van der Waals surface area contributed by atoms with Gasteiger partial charge in [0.1, 0.15) is 11.5 Å². The van der Waals surface area contributed by atoms with Crippen molar-refractivity contribution in [2.75, 3.05) is 17.7 Å². The number of hydrogen-bond acceptors (Lipinski definition) is 4. The summed E-state index contributed by atoms with van der Waals surface area (Å²) in [5, 5.41) is 6.58. The third-order valence-corrected chi connectivity index (χ3v) is 3.84. The molecular weight excluding hydrogens is 316 g/mol. The molecule has 1 aliphatic rings. The number of methoxy groups -OCH3 is 1. The summed E-state index contributed by atoms with van der Waals surface area (Å²) in [4.78, 5) is 23.8. The first-order valence-corrected chi connectivity index (χ1v) is 7.44. The van der Waals surface area contributed by atoms with Crippen LogP contribution >= 0.6 is 11.6 Å². The van der Waals surface area contributed by atoms with Gasteiger partial charge in [-0.25, -0.2) is 0 Å². The van der Waals surface area contributed by atoms with E-state index in [1.807, 2.05) is 6.07 Å². The van der Waals surface area contributed by atoms with E-state index in [2.05, 4.69) is 10.6 Å². The molecule has 0 aliphatic carbocycles. The summed E-state index contributed by atoms with van der Waals surface area (Å²) in [7, 11) is 1.53. The number of rotatable bonds is 3.